The first kappa shape index (κ1) is 10.7. The first-order valence-corrected chi connectivity index (χ1v) is 3.93. The van der Waals surface area contributed by atoms with E-state index in [0.29, 0.717) is 6.42 Å². The van der Waals surface area contributed by atoms with E-state index in [2.05, 4.69) is 12.6 Å². The third-order valence-corrected chi connectivity index (χ3v) is 2.16. The number of hydrogen-bond donors (Lipinski definition) is 4. The summed E-state index contributed by atoms with van der Waals surface area (Å²) >= 11 is 3.77. The molecule has 66 valence electrons. The monoisotopic (exact) mass is 179 g/mol. The van der Waals surface area contributed by atoms with Crippen LogP contribution in [0.3, 0.4) is 0 Å². The highest BCUT2D eigenvalue weighted by atomic mass is 32.1. The molecular weight excluding hydrogens is 166 g/mol. The smallest absolute Gasteiger partial charge is 0.327 e. The summed E-state index contributed by atoms with van der Waals surface area (Å²) in [5.74, 6) is -1.29. The summed E-state index contributed by atoms with van der Waals surface area (Å²) in [7, 11) is 0. The number of carbonyl (C=O) groups is 1. The summed E-state index contributed by atoms with van der Waals surface area (Å²) in [4.78, 5) is 10.5. The number of carboxylic acids is 1. The zero-order valence-electron chi connectivity index (χ0n) is 6.32. The third kappa shape index (κ3) is 2.08. The Morgan fingerprint density at radius 2 is 2.27 bits per heavy atom. The van der Waals surface area contributed by atoms with E-state index in [1.54, 1.807) is 6.92 Å². The molecule has 0 aliphatic rings. The van der Waals surface area contributed by atoms with Crippen molar-refractivity contribution in [3.63, 3.8) is 0 Å². The summed E-state index contributed by atoms with van der Waals surface area (Å²) in [6.45, 7) is 1.67. The molecule has 0 rings (SSSR count). The number of thiol groups is 1. The summed E-state index contributed by atoms with van der Waals surface area (Å²) in [6, 6.07) is 0. The SMILES string of the molecule is CCC(O)[C@](N)(CS)C(=O)O. The molecule has 0 spiro atoms. The lowest BCUT2D eigenvalue weighted by atomic mass is 9.94. The van der Waals surface area contributed by atoms with Gasteiger partial charge in [-0.25, -0.2) is 0 Å². The minimum atomic E-state index is -1.61. The lowest BCUT2D eigenvalue weighted by Crippen LogP contribution is -2.58. The molecule has 1 unspecified atom stereocenters. The molecule has 0 amide bonds. The van der Waals surface area contributed by atoms with E-state index in [4.69, 9.17) is 10.8 Å². The van der Waals surface area contributed by atoms with Crippen LogP contribution in [0.1, 0.15) is 13.3 Å². The van der Waals surface area contributed by atoms with Gasteiger partial charge in [-0.2, -0.15) is 12.6 Å². The van der Waals surface area contributed by atoms with Crippen LogP contribution in [0.2, 0.25) is 0 Å². The molecule has 4 nitrogen and oxygen atoms in total. The highest BCUT2D eigenvalue weighted by Gasteiger charge is 2.39. The van der Waals surface area contributed by atoms with Crippen molar-refractivity contribution in [2.75, 3.05) is 5.75 Å². The second-order valence-electron chi connectivity index (χ2n) is 2.43. The summed E-state index contributed by atoms with van der Waals surface area (Å²) in [5.41, 5.74) is 3.75. The largest absolute Gasteiger partial charge is 0.480 e. The number of aliphatic hydroxyl groups excluding tert-OH is 1. The van der Waals surface area contributed by atoms with Crippen LogP contribution < -0.4 is 5.73 Å². The number of rotatable bonds is 4. The van der Waals surface area contributed by atoms with Crippen LogP contribution in [0.4, 0.5) is 0 Å². The Morgan fingerprint density at radius 1 is 1.82 bits per heavy atom. The number of aliphatic carboxylic acids is 1. The van der Waals surface area contributed by atoms with Crippen molar-refractivity contribution in [2.45, 2.75) is 25.0 Å². The van der Waals surface area contributed by atoms with E-state index >= 15 is 0 Å². The Labute approximate surface area is 70.8 Å². The fourth-order valence-electron chi connectivity index (χ4n) is 0.680. The molecule has 0 saturated heterocycles. The quantitative estimate of drug-likeness (QED) is 0.437. The van der Waals surface area contributed by atoms with Gasteiger partial charge >= 0.3 is 5.97 Å². The maximum Gasteiger partial charge on any atom is 0.327 e. The van der Waals surface area contributed by atoms with E-state index in [0.717, 1.165) is 0 Å². The minimum Gasteiger partial charge on any atom is -0.480 e. The normalized spacial score (nSPS) is 18.9. The molecule has 0 fully saturated rings. The van der Waals surface area contributed by atoms with Gasteiger partial charge in [-0.15, -0.1) is 0 Å². The first-order chi connectivity index (χ1) is 4.99. The van der Waals surface area contributed by atoms with Crippen LogP contribution in [-0.2, 0) is 4.79 Å². The predicted octanol–water partition coefficient (Wildman–Crippen LogP) is -0.531. The van der Waals surface area contributed by atoms with Gasteiger partial charge in [0.05, 0.1) is 6.10 Å². The van der Waals surface area contributed by atoms with Gasteiger partial charge in [0.25, 0.3) is 0 Å². The maximum atomic E-state index is 10.5. The van der Waals surface area contributed by atoms with Gasteiger partial charge in [0.1, 0.15) is 5.54 Å². The Balaban J connectivity index is 4.45. The van der Waals surface area contributed by atoms with Gasteiger partial charge in [0.2, 0.25) is 0 Å². The van der Waals surface area contributed by atoms with E-state index in [9.17, 15) is 9.90 Å². The van der Waals surface area contributed by atoms with Crippen LogP contribution >= 0.6 is 12.6 Å². The molecule has 0 aliphatic heterocycles. The van der Waals surface area contributed by atoms with Crippen molar-refractivity contribution in [3.8, 4) is 0 Å². The fraction of sp³-hybridized carbons (Fsp3) is 0.833. The van der Waals surface area contributed by atoms with E-state index in [1.165, 1.54) is 0 Å². The molecule has 5 heteroatoms. The highest BCUT2D eigenvalue weighted by molar-refractivity contribution is 7.80. The molecule has 0 aliphatic carbocycles. The summed E-state index contributed by atoms with van der Waals surface area (Å²) in [6.07, 6.45) is -0.735. The molecule has 0 aromatic carbocycles. The molecule has 0 saturated carbocycles. The van der Waals surface area contributed by atoms with Gasteiger partial charge in [-0.05, 0) is 6.42 Å². The Kier molecular flexibility index (Phi) is 3.85. The average molecular weight is 179 g/mol. The average Bonchev–Trinajstić information content (AvgIpc) is 2.01. The second kappa shape index (κ2) is 3.94. The van der Waals surface area contributed by atoms with Gasteiger partial charge in [-0.1, -0.05) is 6.92 Å². The predicted molar refractivity (Wildman–Crippen MR) is 44.7 cm³/mol. The van der Waals surface area contributed by atoms with Crippen LogP contribution in [0.25, 0.3) is 0 Å². The van der Waals surface area contributed by atoms with E-state index in [-0.39, 0.29) is 5.75 Å². The minimum absolute atomic E-state index is 0.0721. The second-order valence-corrected chi connectivity index (χ2v) is 2.74. The lowest BCUT2D eigenvalue weighted by molar-refractivity contribution is -0.146. The van der Waals surface area contributed by atoms with Crippen molar-refractivity contribution >= 4 is 18.6 Å². The highest BCUT2D eigenvalue weighted by Crippen LogP contribution is 2.12. The topological polar surface area (TPSA) is 83.5 Å². The zero-order chi connectivity index (χ0) is 9.07. The van der Waals surface area contributed by atoms with Crippen LogP contribution in [0.15, 0.2) is 0 Å². The van der Waals surface area contributed by atoms with Crippen LogP contribution in [-0.4, -0.2) is 33.6 Å². The molecule has 4 N–H and O–H groups in total. The van der Waals surface area contributed by atoms with E-state index in [1.807, 2.05) is 0 Å². The van der Waals surface area contributed by atoms with Crippen molar-refractivity contribution in [2.24, 2.45) is 5.73 Å². The summed E-state index contributed by atoms with van der Waals surface area (Å²) < 4.78 is 0. The number of carboxylic acid groups (broad SMARTS) is 1. The Bertz CT molecular complexity index is 153. The molecule has 11 heavy (non-hydrogen) atoms. The molecule has 0 aromatic heterocycles. The molecule has 0 aromatic rings. The molecule has 2 atom stereocenters. The lowest BCUT2D eigenvalue weighted by Gasteiger charge is -2.27. The fourth-order valence-corrected chi connectivity index (χ4v) is 1.03. The number of hydrogen-bond acceptors (Lipinski definition) is 4. The number of nitrogens with two attached hydrogens (primary N) is 1. The van der Waals surface area contributed by atoms with Gasteiger partial charge in [0, 0.05) is 5.75 Å². The van der Waals surface area contributed by atoms with Crippen LogP contribution in [0.5, 0.6) is 0 Å². The molecule has 0 bridgehead atoms. The van der Waals surface area contributed by atoms with Crippen molar-refractivity contribution in [3.05, 3.63) is 0 Å². The molecule has 0 heterocycles. The van der Waals surface area contributed by atoms with Gasteiger partial charge in [-0.3, -0.25) is 4.79 Å². The van der Waals surface area contributed by atoms with E-state index < -0.39 is 17.6 Å². The standard InChI is InChI=1S/C6H13NO3S/c1-2-4(8)6(7,3-11)5(9)10/h4,8,11H,2-3,7H2,1H3,(H,9,10)/t4?,6-/m1/s1. The van der Waals surface area contributed by atoms with Gasteiger partial charge in [0.15, 0.2) is 0 Å². The first-order valence-electron chi connectivity index (χ1n) is 3.30. The zero-order valence-corrected chi connectivity index (χ0v) is 7.21. The van der Waals surface area contributed by atoms with Crippen molar-refractivity contribution in [1.82, 2.24) is 0 Å². The van der Waals surface area contributed by atoms with Crippen LogP contribution in [0, 0.1) is 0 Å². The van der Waals surface area contributed by atoms with Crippen molar-refractivity contribution < 1.29 is 15.0 Å². The van der Waals surface area contributed by atoms with Gasteiger partial charge < -0.3 is 15.9 Å². The number of aliphatic hydroxyl groups is 1. The van der Waals surface area contributed by atoms with Crippen molar-refractivity contribution in [1.29, 1.82) is 0 Å². The Hall–Kier alpha value is -0.260. The third-order valence-electron chi connectivity index (χ3n) is 1.64. The molecular formula is C6H13NO3S. The molecule has 0 radical (unpaired) electrons. The maximum absolute atomic E-state index is 10.5. The summed E-state index contributed by atoms with van der Waals surface area (Å²) in [5, 5.41) is 17.8. The Morgan fingerprint density at radius 3 is 2.36 bits per heavy atom.